The summed E-state index contributed by atoms with van der Waals surface area (Å²) in [5.41, 5.74) is 0.640. The van der Waals surface area contributed by atoms with Crippen LogP contribution in [0.4, 0.5) is 5.69 Å². The second-order valence-corrected chi connectivity index (χ2v) is 7.88. The van der Waals surface area contributed by atoms with E-state index in [0.29, 0.717) is 22.8 Å². The number of carbonyl (C=O) groups is 2. The number of hydrogen-bond donors (Lipinski definition) is 1. The molecule has 4 rings (SSSR count). The molecule has 0 aliphatic carbocycles. The molecule has 0 unspecified atom stereocenters. The Morgan fingerprint density at radius 2 is 1.84 bits per heavy atom. The van der Waals surface area contributed by atoms with Crippen molar-refractivity contribution in [3.8, 4) is 0 Å². The van der Waals surface area contributed by atoms with Crippen molar-refractivity contribution in [1.29, 1.82) is 0 Å². The second kappa shape index (κ2) is 8.49. The molecule has 2 aliphatic rings. The van der Waals surface area contributed by atoms with Gasteiger partial charge in [-0.15, -0.1) is 0 Å². The van der Waals surface area contributed by atoms with Crippen molar-refractivity contribution in [2.45, 2.75) is 25.0 Å². The Hall–Kier alpha value is -3.23. The number of halogens is 1. The number of aliphatic hydroxyl groups is 1. The van der Waals surface area contributed by atoms with Crippen LogP contribution in [0.3, 0.4) is 0 Å². The van der Waals surface area contributed by atoms with Crippen LogP contribution < -0.4 is 0 Å². The third-order valence-corrected chi connectivity index (χ3v) is 5.75. The third kappa shape index (κ3) is 4.04. The summed E-state index contributed by atoms with van der Waals surface area (Å²) in [6, 6.07) is 11.0. The number of amides is 1. The summed E-state index contributed by atoms with van der Waals surface area (Å²) in [4.78, 5) is 37.7. The highest BCUT2D eigenvalue weighted by atomic mass is 35.5. The molecule has 160 valence electrons. The highest BCUT2D eigenvalue weighted by Gasteiger charge is 2.47. The summed E-state index contributed by atoms with van der Waals surface area (Å²) in [6.45, 7) is 0.769. The number of benzene rings is 2. The number of Topliss-reactive ketones (excluding diaryl/α,β-unsaturated/α-hetero) is 1. The molecule has 0 spiro atoms. The third-order valence-electron chi connectivity index (χ3n) is 5.50. The Kier molecular flexibility index (Phi) is 5.75. The molecule has 0 radical (unpaired) electrons. The van der Waals surface area contributed by atoms with Gasteiger partial charge in [0.1, 0.15) is 5.76 Å². The van der Waals surface area contributed by atoms with E-state index in [4.69, 9.17) is 16.3 Å². The van der Waals surface area contributed by atoms with E-state index >= 15 is 0 Å². The van der Waals surface area contributed by atoms with Crippen molar-refractivity contribution in [2.75, 3.05) is 13.2 Å². The number of non-ortho nitro benzene ring substituents is 1. The molecule has 8 nitrogen and oxygen atoms in total. The molecule has 2 aromatic rings. The normalized spacial score (nSPS) is 22.8. The number of carbonyl (C=O) groups excluding carboxylic acids is 2. The summed E-state index contributed by atoms with van der Waals surface area (Å²) in [5, 5.41) is 22.4. The molecule has 31 heavy (non-hydrogen) atoms. The summed E-state index contributed by atoms with van der Waals surface area (Å²) in [5.74, 6) is -1.88. The van der Waals surface area contributed by atoms with Gasteiger partial charge in [-0.05, 0) is 54.8 Å². The Morgan fingerprint density at radius 3 is 2.42 bits per heavy atom. The van der Waals surface area contributed by atoms with Crippen molar-refractivity contribution < 1.29 is 24.4 Å². The Labute approximate surface area is 182 Å². The summed E-state index contributed by atoms with van der Waals surface area (Å²) in [7, 11) is 0. The van der Waals surface area contributed by atoms with Gasteiger partial charge in [0.2, 0.25) is 0 Å². The van der Waals surface area contributed by atoms with Crippen molar-refractivity contribution in [2.24, 2.45) is 0 Å². The van der Waals surface area contributed by atoms with Crippen molar-refractivity contribution in [1.82, 2.24) is 4.90 Å². The van der Waals surface area contributed by atoms with Gasteiger partial charge in [0.25, 0.3) is 17.4 Å². The first-order valence-electron chi connectivity index (χ1n) is 9.77. The lowest BCUT2D eigenvalue weighted by molar-refractivity contribution is -0.384. The minimum absolute atomic E-state index is 0.0702. The van der Waals surface area contributed by atoms with Crippen LogP contribution in [0.5, 0.6) is 0 Å². The van der Waals surface area contributed by atoms with Gasteiger partial charge < -0.3 is 14.7 Å². The number of hydrogen-bond acceptors (Lipinski definition) is 6. The number of nitrogens with zero attached hydrogens (tertiary/aromatic N) is 2. The van der Waals surface area contributed by atoms with E-state index in [1.54, 1.807) is 24.3 Å². The highest BCUT2D eigenvalue weighted by Crippen LogP contribution is 2.40. The highest BCUT2D eigenvalue weighted by molar-refractivity contribution is 6.46. The molecule has 9 heteroatoms. The first kappa shape index (κ1) is 21.0. The van der Waals surface area contributed by atoms with E-state index in [2.05, 4.69) is 0 Å². The average molecular weight is 443 g/mol. The maximum Gasteiger partial charge on any atom is 0.295 e. The lowest BCUT2D eigenvalue weighted by atomic mass is 9.95. The van der Waals surface area contributed by atoms with Gasteiger partial charge in [0.15, 0.2) is 0 Å². The fourth-order valence-corrected chi connectivity index (χ4v) is 4.09. The Balaban J connectivity index is 1.81. The van der Waals surface area contributed by atoms with E-state index in [9.17, 15) is 24.8 Å². The molecule has 2 heterocycles. The van der Waals surface area contributed by atoms with Crippen LogP contribution in [0, 0.1) is 10.1 Å². The predicted molar refractivity (Wildman–Crippen MR) is 113 cm³/mol. The predicted octanol–water partition coefficient (Wildman–Crippen LogP) is 3.85. The topological polar surface area (TPSA) is 110 Å². The number of nitro groups is 1. The molecule has 1 N–H and O–H groups in total. The SMILES string of the molecule is O=C1C(=O)N(C[C@H]2CCCO2)[C@H](c2ccc([N+](=O)[O-])cc2)C1=C(O)c1ccc(Cl)cc1. The van der Waals surface area contributed by atoms with Crippen LogP contribution in [0.1, 0.15) is 30.0 Å². The number of ketones is 1. The molecule has 2 atom stereocenters. The molecular weight excluding hydrogens is 424 g/mol. The van der Waals surface area contributed by atoms with E-state index in [1.807, 2.05) is 0 Å². The summed E-state index contributed by atoms with van der Waals surface area (Å²) >= 11 is 5.92. The largest absolute Gasteiger partial charge is 0.507 e. The van der Waals surface area contributed by atoms with E-state index in [1.165, 1.54) is 29.2 Å². The number of rotatable bonds is 5. The van der Waals surface area contributed by atoms with Crippen LogP contribution in [0.15, 0.2) is 54.1 Å². The first-order chi connectivity index (χ1) is 14.9. The van der Waals surface area contributed by atoms with Gasteiger partial charge in [0, 0.05) is 35.9 Å². The molecule has 2 fully saturated rings. The maximum atomic E-state index is 12.9. The molecule has 0 aromatic heterocycles. The van der Waals surface area contributed by atoms with Crippen LogP contribution in [0.2, 0.25) is 5.02 Å². The van der Waals surface area contributed by atoms with Gasteiger partial charge in [-0.3, -0.25) is 19.7 Å². The van der Waals surface area contributed by atoms with Crippen LogP contribution >= 0.6 is 11.6 Å². The molecular formula is C22H19ClN2O6. The molecule has 0 saturated carbocycles. The standard InChI is InChI=1S/C22H19ClN2O6/c23-15-7-3-14(4-8-15)20(26)18-19(13-5-9-16(10-6-13)25(29)30)24(22(28)21(18)27)12-17-2-1-11-31-17/h3-10,17,19,26H,1-2,11-12H2/t17-,19-/m1/s1. The minimum atomic E-state index is -0.888. The zero-order valence-electron chi connectivity index (χ0n) is 16.4. The van der Waals surface area contributed by atoms with Crippen molar-refractivity contribution in [3.63, 3.8) is 0 Å². The Morgan fingerprint density at radius 1 is 1.16 bits per heavy atom. The maximum absolute atomic E-state index is 12.9. The van der Waals surface area contributed by atoms with E-state index in [0.717, 1.165) is 12.8 Å². The fourth-order valence-electron chi connectivity index (χ4n) is 3.96. The summed E-state index contributed by atoms with van der Waals surface area (Å²) < 4.78 is 5.64. The van der Waals surface area contributed by atoms with E-state index < -0.39 is 22.7 Å². The molecule has 2 aliphatic heterocycles. The zero-order chi connectivity index (χ0) is 22.1. The number of ether oxygens (including phenoxy) is 1. The van der Waals surface area contributed by atoms with Crippen LogP contribution in [0.25, 0.3) is 5.76 Å². The number of aliphatic hydroxyl groups excluding tert-OH is 1. The van der Waals surface area contributed by atoms with Crippen molar-refractivity contribution >= 4 is 34.7 Å². The minimum Gasteiger partial charge on any atom is -0.507 e. The van der Waals surface area contributed by atoms with Gasteiger partial charge in [0.05, 0.1) is 22.6 Å². The molecule has 2 aromatic carbocycles. The van der Waals surface area contributed by atoms with Gasteiger partial charge >= 0.3 is 0 Å². The lowest BCUT2D eigenvalue weighted by Crippen LogP contribution is -2.36. The van der Waals surface area contributed by atoms with Gasteiger partial charge in [-0.2, -0.15) is 0 Å². The Bertz CT molecular complexity index is 1060. The van der Waals surface area contributed by atoms with Gasteiger partial charge in [-0.1, -0.05) is 11.6 Å². The van der Waals surface area contributed by atoms with Gasteiger partial charge in [-0.25, -0.2) is 0 Å². The lowest BCUT2D eigenvalue weighted by Gasteiger charge is -2.27. The number of nitro benzene ring substituents is 1. The fraction of sp³-hybridized carbons (Fsp3) is 0.273. The smallest absolute Gasteiger partial charge is 0.295 e. The zero-order valence-corrected chi connectivity index (χ0v) is 17.1. The number of likely N-dealkylation sites (tertiary alicyclic amines) is 1. The molecule has 2 saturated heterocycles. The average Bonchev–Trinajstić information content (AvgIpc) is 3.36. The van der Waals surface area contributed by atoms with E-state index in [-0.39, 0.29) is 29.7 Å². The van der Waals surface area contributed by atoms with Crippen molar-refractivity contribution in [3.05, 3.63) is 80.4 Å². The second-order valence-electron chi connectivity index (χ2n) is 7.44. The summed E-state index contributed by atoms with van der Waals surface area (Å²) in [6.07, 6.45) is 1.41. The van der Waals surface area contributed by atoms with Crippen LogP contribution in [-0.4, -0.2) is 45.9 Å². The molecule has 0 bridgehead atoms. The quantitative estimate of drug-likeness (QED) is 0.247. The molecule has 1 amide bonds. The monoisotopic (exact) mass is 442 g/mol. The first-order valence-corrected chi connectivity index (χ1v) is 10.1. The van der Waals surface area contributed by atoms with Crippen LogP contribution in [-0.2, 0) is 14.3 Å².